The van der Waals surface area contributed by atoms with Gasteiger partial charge in [0.1, 0.15) is 5.82 Å². The average molecular weight is 334 g/mol. The van der Waals surface area contributed by atoms with Crippen LogP contribution in [0.3, 0.4) is 0 Å². The molecule has 0 radical (unpaired) electrons. The molecule has 124 valence electrons. The zero-order valence-corrected chi connectivity index (χ0v) is 12.4. The fourth-order valence-corrected chi connectivity index (χ4v) is 2.55. The molecule has 1 aliphatic heterocycles. The Morgan fingerprint density at radius 2 is 2.04 bits per heavy atom. The predicted molar refractivity (Wildman–Crippen MR) is 81.0 cm³/mol. The van der Waals surface area contributed by atoms with Gasteiger partial charge in [-0.2, -0.15) is 0 Å². The Bertz CT molecular complexity index is 826. The van der Waals surface area contributed by atoms with Crippen LogP contribution in [0.15, 0.2) is 36.4 Å². The normalized spacial score (nSPS) is 12.8. The molecule has 2 aromatic rings. The third-order valence-corrected chi connectivity index (χ3v) is 3.72. The van der Waals surface area contributed by atoms with Gasteiger partial charge >= 0.3 is 0 Å². The Morgan fingerprint density at radius 3 is 2.75 bits per heavy atom. The quantitative estimate of drug-likeness (QED) is 0.637. The summed E-state index contributed by atoms with van der Waals surface area (Å²) in [5, 5.41) is 10.9. The molecule has 3 rings (SSSR count). The van der Waals surface area contributed by atoms with Gasteiger partial charge in [-0.25, -0.2) is 8.78 Å². The molecule has 1 heterocycles. The molecule has 1 amide bonds. The summed E-state index contributed by atoms with van der Waals surface area (Å²) < 4.78 is 31.4. The van der Waals surface area contributed by atoms with Gasteiger partial charge in [-0.05, 0) is 24.1 Å². The number of fused-ring (bicyclic) bond motifs is 1. The van der Waals surface area contributed by atoms with E-state index in [0.29, 0.717) is 24.7 Å². The molecule has 0 bridgehead atoms. The standard InChI is InChI=1S/C16H12F2N2O4/c17-11-2-4-15(13(18)7-11)24-9-16(21)19-6-5-10-1-3-12(20(22)23)8-14(10)19/h1-4,7-8H,5-6,9H2. The summed E-state index contributed by atoms with van der Waals surface area (Å²) in [5.41, 5.74) is 1.17. The van der Waals surface area contributed by atoms with Crippen LogP contribution in [0.25, 0.3) is 0 Å². The lowest BCUT2D eigenvalue weighted by Gasteiger charge is -2.17. The number of halogens is 2. The lowest BCUT2D eigenvalue weighted by molar-refractivity contribution is -0.384. The molecule has 0 aromatic heterocycles. The fraction of sp³-hybridized carbons (Fsp3) is 0.188. The summed E-state index contributed by atoms with van der Waals surface area (Å²) in [6, 6.07) is 7.11. The Balaban J connectivity index is 1.73. The number of anilines is 1. The van der Waals surface area contributed by atoms with Gasteiger partial charge < -0.3 is 9.64 Å². The minimum Gasteiger partial charge on any atom is -0.481 e. The number of hydrogen-bond acceptors (Lipinski definition) is 4. The van der Waals surface area contributed by atoms with Crippen LogP contribution in [0.1, 0.15) is 5.56 Å². The van der Waals surface area contributed by atoms with Crippen molar-refractivity contribution in [3.63, 3.8) is 0 Å². The molecule has 0 atom stereocenters. The maximum atomic E-state index is 13.5. The molecule has 8 heteroatoms. The monoisotopic (exact) mass is 334 g/mol. The number of nitro benzene ring substituents is 1. The van der Waals surface area contributed by atoms with Crippen LogP contribution in [0.4, 0.5) is 20.2 Å². The van der Waals surface area contributed by atoms with Crippen LogP contribution in [-0.2, 0) is 11.2 Å². The number of nitro groups is 1. The lowest BCUT2D eigenvalue weighted by Crippen LogP contribution is -2.33. The first-order valence-electron chi connectivity index (χ1n) is 7.11. The number of carbonyl (C=O) groups is 1. The number of nitrogens with zero attached hydrogens (tertiary/aromatic N) is 2. The molecule has 0 saturated heterocycles. The second kappa shape index (κ2) is 6.23. The van der Waals surface area contributed by atoms with Crippen molar-refractivity contribution in [3.8, 4) is 5.75 Å². The fourth-order valence-electron chi connectivity index (χ4n) is 2.55. The number of benzene rings is 2. The number of non-ortho nitro benzene ring substituents is 1. The molecule has 0 fully saturated rings. The van der Waals surface area contributed by atoms with E-state index in [9.17, 15) is 23.7 Å². The molecule has 24 heavy (non-hydrogen) atoms. The van der Waals surface area contributed by atoms with Gasteiger partial charge in [0.25, 0.3) is 11.6 Å². The highest BCUT2D eigenvalue weighted by Crippen LogP contribution is 2.31. The van der Waals surface area contributed by atoms with E-state index in [-0.39, 0.29) is 11.4 Å². The molecule has 0 N–H and O–H groups in total. The van der Waals surface area contributed by atoms with Crippen molar-refractivity contribution in [2.45, 2.75) is 6.42 Å². The Kier molecular flexibility index (Phi) is 4.11. The summed E-state index contributed by atoms with van der Waals surface area (Å²) in [5.74, 6) is -2.34. The smallest absolute Gasteiger partial charge is 0.271 e. The first-order chi connectivity index (χ1) is 11.5. The molecule has 0 saturated carbocycles. The number of carbonyl (C=O) groups excluding carboxylic acids is 1. The van der Waals surface area contributed by atoms with Gasteiger partial charge in [0.15, 0.2) is 18.2 Å². The van der Waals surface area contributed by atoms with Crippen LogP contribution >= 0.6 is 0 Å². The maximum absolute atomic E-state index is 13.5. The zero-order valence-electron chi connectivity index (χ0n) is 12.4. The molecular formula is C16H12F2N2O4. The molecular weight excluding hydrogens is 322 g/mol. The van der Waals surface area contributed by atoms with Crippen molar-refractivity contribution in [1.82, 2.24) is 0 Å². The topological polar surface area (TPSA) is 72.7 Å². The van der Waals surface area contributed by atoms with Crippen molar-refractivity contribution in [1.29, 1.82) is 0 Å². The Labute approximate surface area is 135 Å². The van der Waals surface area contributed by atoms with E-state index in [2.05, 4.69) is 0 Å². The molecule has 0 aliphatic carbocycles. The third kappa shape index (κ3) is 3.03. The van der Waals surface area contributed by atoms with Crippen LogP contribution < -0.4 is 9.64 Å². The summed E-state index contributed by atoms with van der Waals surface area (Å²) in [4.78, 5) is 24.0. The second-order valence-electron chi connectivity index (χ2n) is 5.23. The Morgan fingerprint density at radius 1 is 1.25 bits per heavy atom. The highest BCUT2D eigenvalue weighted by Gasteiger charge is 2.27. The van der Waals surface area contributed by atoms with Crippen molar-refractivity contribution in [2.24, 2.45) is 0 Å². The van der Waals surface area contributed by atoms with E-state index in [1.807, 2.05) is 0 Å². The average Bonchev–Trinajstić information content (AvgIpc) is 2.96. The maximum Gasteiger partial charge on any atom is 0.271 e. The minimum atomic E-state index is -0.903. The van der Waals surface area contributed by atoms with E-state index >= 15 is 0 Å². The van der Waals surface area contributed by atoms with E-state index in [4.69, 9.17) is 4.74 Å². The number of rotatable bonds is 4. The SMILES string of the molecule is O=C(COc1ccc(F)cc1F)N1CCc2ccc([N+](=O)[O-])cc21. The van der Waals surface area contributed by atoms with Crippen molar-refractivity contribution >= 4 is 17.3 Å². The van der Waals surface area contributed by atoms with Crippen LogP contribution in [0.5, 0.6) is 5.75 Å². The van der Waals surface area contributed by atoms with Crippen LogP contribution in [-0.4, -0.2) is 24.0 Å². The van der Waals surface area contributed by atoms with Gasteiger partial charge in [-0.15, -0.1) is 0 Å². The van der Waals surface area contributed by atoms with Crippen LogP contribution in [0, 0.1) is 21.7 Å². The van der Waals surface area contributed by atoms with Gasteiger partial charge in [-0.1, -0.05) is 6.07 Å². The van der Waals surface area contributed by atoms with E-state index in [0.717, 1.165) is 17.7 Å². The van der Waals surface area contributed by atoms with Gasteiger partial charge in [0, 0.05) is 24.7 Å². The summed E-state index contributed by atoms with van der Waals surface area (Å²) in [6.45, 7) is -0.0880. The first kappa shape index (κ1) is 15.9. The van der Waals surface area contributed by atoms with Crippen LogP contribution in [0.2, 0.25) is 0 Å². The Hall–Kier alpha value is -3.03. The van der Waals surface area contributed by atoms with Gasteiger partial charge in [-0.3, -0.25) is 14.9 Å². The molecule has 0 unspecified atom stereocenters. The van der Waals surface area contributed by atoms with Gasteiger partial charge in [0.05, 0.1) is 10.6 Å². The van der Waals surface area contributed by atoms with Crippen molar-refractivity contribution in [3.05, 3.63) is 63.7 Å². The molecule has 6 nitrogen and oxygen atoms in total. The number of amides is 1. The predicted octanol–water partition coefficient (Wildman–Crippen LogP) is 2.84. The first-order valence-corrected chi connectivity index (χ1v) is 7.11. The zero-order chi connectivity index (χ0) is 17.3. The summed E-state index contributed by atoms with van der Waals surface area (Å²) >= 11 is 0. The van der Waals surface area contributed by atoms with Crippen molar-refractivity contribution < 1.29 is 23.2 Å². The van der Waals surface area contributed by atoms with E-state index < -0.39 is 29.1 Å². The number of hydrogen-bond donors (Lipinski definition) is 0. The highest BCUT2D eigenvalue weighted by atomic mass is 19.1. The van der Waals surface area contributed by atoms with E-state index in [1.54, 1.807) is 6.07 Å². The lowest BCUT2D eigenvalue weighted by atomic mass is 10.1. The minimum absolute atomic E-state index is 0.112. The summed E-state index contributed by atoms with van der Waals surface area (Å²) in [7, 11) is 0. The third-order valence-electron chi connectivity index (χ3n) is 3.72. The van der Waals surface area contributed by atoms with E-state index in [1.165, 1.54) is 17.0 Å². The second-order valence-corrected chi connectivity index (χ2v) is 5.23. The highest BCUT2D eigenvalue weighted by molar-refractivity contribution is 5.96. The molecule has 1 aliphatic rings. The van der Waals surface area contributed by atoms with Crippen molar-refractivity contribution in [2.75, 3.05) is 18.1 Å². The molecule has 0 spiro atoms. The summed E-state index contributed by atoms with van der Waals surface area (Å²) in [6.07, 6.45) is 0.573. The largest absolute Gasteiger partial charge is 0.481 e. The number of ether oxygens (including phenoxy) is 1. The molecule has 2 aromatic carbocycles. The van der Waals surface area contributed by atoms with Gasteiger partial charge in [0.2, 0.25) is 0 Å².